The van der Waals surface area contributed by atoms with Crippen LogP contribution in [0.15, 0.2) is 29.3 Å². The van der Waals surface area contributed by atoms with Crippen molar-refractivity contribution in [3.05, 3.63) is 30.1 Å². The van der Waals surface area contributed by atoms with Gasteiger partial charge in [0.1, 0.15) is 5.82 Å². The van der Waals surface area contributed by atoms with E-state index in [1.807, 2.05) is 4.90 Å². The second-order valence-electron chi connectivity index (χ2n) is 4.36. The SMILES string of the molecule is CC(C)C1CN=C(N)N1c1ccc(F)cc1. The van der Waals surface area contributed by atoms with Crippen LogP contribution in [-0.4, -0.2) is 18.5 Å². The molecule has 1 aromatic carbocycles. The van der Waals surface area contributed by atoms with Gasteiger partial charge in [0.05, 0.1) is 12.6 Å². The van der Waals surface area contributed by atoms with Crippen LogP contribution >= 0.6 is 0 Å². The summed E-state index contributed by atoms with van der Waals surface area (Å²) in [6.07, 6.45) is 0. The van der Waals surface area contributed by atoms with Gasteiger partial charge in [-0.2, -0.15) is 0 Å². The summed E-state index contributed by atoms with van der Waals surface area (Å²) in [6.45, 7) is 4.98. The Kier molecular flexibility index (Phi) is 2.81. The van der Waals surface area contributed by atoms with Gasteiger partial charge in [-0.3, -0.25) is 4.99 Å². The van der Waals surface area contributed by atoms with Crippen LogP contribution in [0.4, 0.5) is 10.1 Å². The number of nitrogens with zero attached hydrogens (tertiary/aromatic N) is 2. The first-order valence-electron chi connectivity index (χ1n) is 5.44. The number of hydrogen-bond acceptors (Lipinski definition) is 3. The average molecular weight is 221 g/mol. The fraction of sp³-hybridized carbons (Fsp3) is 0.417. The van der Waals surface area contributed by atoms with E-state index in [4.69, 9.17) is 5.73 Å². The summed E-state index contributed by atoms with van der Waals surface area (Å²) < 4.78 is 12.8. The Morgan fingerprint density at radius 1 is 1.38 bits per heavy atom. The topological polar surface area (TPSA) is 41.6 Å². The molecule has 1 heterocycles. The molecule has 0 spiro atoms. The molecule has 16 heavy (non-hydrogen) atoms. The molecule has 1 atom stereocenters. The van der Waals surface area contributed by atoms with E-state index in [2.05, 4.69) is 18.8 Å². The monoisotopic (exact) mass is 221 g/mol. The lowest BCUT2D eigenvalue weighted by Crippen LogP contribution is -2.43. The van der Waals surface area contributed by atoms with Crippen LogP contribution in [0.2, 0.25) is 0 Å². The summed E-state index contributed by atoms with van der Waals surface area (Å²) in [7, 11) is 0. The lowest BCUT2D eigenvalue weighted by molar-refractivity contribution is 0.516. The highest BCUT2D eigenvalue weighted by molar-refractivity contribution is 5.97. The van der Waals surface area contributed by atoms with Crippen molar-refractivity contribution in [3.8, 4) is 0 Å². The van der Waals surface area contributed by atoms with Crippen LogP contribution < -0.4 is 10.6 Å². The van der Waals surface area contributed by atoms with E-state index in [9.17, 15) is 4.39 Å². The summed E-state index contributed by atoms with van der Waals surface area (Å²) in [6, 6.07) is 6.62. The predicted molar refractivity (Wildman–Crippen MR) is 64.0 cm³/mol. The number of rotatable bonds is 2. The van der Waals surface area contributed by atoms with Gasteiger partial charge < -0.3 is 10.6 Å². The molecular weight excluding hydrogens is 205 g/mol. The number of anilines is 1. The average Bonchev–Trinajstić information content (AvgIpc) is 2.62. The van der Waals surface area contributed by atoms with Gasteiger partial charge in [-0.05, 0) is 30.2 Å². The van der Waals surface area contributed by atoms with Crippen molar-refractivity contribution in [2.24, 2.45) is 16.6 Å². The summed E-state index contributed by atoms with van der Waals surface area (Å²) in [5.41, 5.74) is 6.76. The Morgan fingerprint density at radius 2 is 2.00 bits per heavy atom. The first-order chi connectivity index (χ1) is 7.59. The summed E-state index contributed by atoms with van der Waals surface area (Å²) in [4.78, 5) is 6.22. The second-order valence-corrected chi connectivity index (χ2v) is 4.36. The molecule has 1 aliphatic heterocycles. The summed E-state index contributed by atoms with van der Waals surface area (Å²) in [5.74, 6) is 0.736. The highest BCUT2D eigenvalue weighted by atomic mass is 19.1. The number of nitrogens with two attached hydrogens (primary N) is 1. The maximum absolute atomic E-state index is 12.8. The van der Waals surface area contributed by atoms with Gasteiger partial charge >= 0.3 is 0 Å². The molecule has 1 unspecified atom stereocenters. The first-order valence-corrected chi connectivity index (χ1v) is 5.44. The predicted octanol–water partition coefficient (Wildman–Crippen LogP) is 1.99. The Morgan fingerprint density at radius 3 is 2.56 bits per heavy atom. The summed E-state index contributed by atoms with van der Waals surface area (Å²) in [5, 5.41) is 0. The van der Waals surface area contributed by atoms with Crippen LogP contribution in [0.25, 0.3) is 0 Å². The van der Waals surface area contributed by atoms with Gasteiger partial charge in [-0.25, -0.2) is 4.39 Å². The third kappa shape index (κ3) is 1.87. The van der Waals surface area contributed by atoms with Crippen molar-refractivity contribution < 1.29 is 4.39 Å². The molecular formula is C12H16FN3. The smallest absolute Gasteiger partial charge is 0.196 e. The third-order valence-electron chi connectivity index (χ3n) is 2.89. The standard InChI is InChI=1S/C12H16FN3/c1-8(2)11-7-15-12(14)16(11)10-5-3-9(13)4-6-10/h3-6,8,11H,7H2,1-2H3,(H2,14,15). The third-order valence-corrected chi connectivity index (χ3v) is 2.89. The molecule has 3 nitrogen and oxygen atoms in total. The molecule has 0 aliphatic carbocycles. The fourth-order valence-corrected chi connectivity index (χ4v) is 1.95. The van der Waals surface area contributed by atoms with Gasteiger partial charge in [0.15, 0.2) is 5.96 Å². The van der Waals surface area contributed by atoms with Crippen molar-refractivity contribution in [1.82, 2.24) is 0 Å². The molecule has 4 heteroatoms. The quantitative estimate of drug-likeness (QED) is 0.829. The molecule has 0 fully saturated rings. The first kappa shape index (κ1) is 10.9. The molecule has 2 rings (SSSR count). The highest BCUT2D eigenvalue weighted by Crippen LogP contribution is 2.24. The summed E-state index contributed by atoms with van der Waals surface area (Å²) >= 11 is 0. The van der Waals surface area contributed by atoms with E-state index in [-0.39, 0.29) is 11.9 Å². The molecule has 0 saturated heterocycles. The molecule has 1 aromatic rings. The molecule has 86 valence electrons. The van der Waals surface area contributed by atoms with Gasteiger partial charge in [0.2, 0.25) is 0 Å². The number of aliphatic imine (C=N–C) groups is 1. The van der Waals surface area contributed by atoms with Crippen LogP contribution in [0.5, 0.6) is 0 Å². The number of benzene rings is 1. The van der Waals surface area contributed by atoms with E-state index < -0.39 is 0 Å². The van der Waals surface area contributed by atoms with Crippen molar-refractivity contribution in [1.29, 1.82) is 0 Å². The van der Waals surface area contributed by atoms with E-state index >= 15 is 0 Å². The number of hydrogen-bond donors (Lipinski definition) is 1. The zero-order valence-electron chi connectivity index (χ0n) is 9.52. The molecule has 0 saturated carbocycles. The molecule has 0 bridgehead atoms. The Labute approximate surface area is 94.8 Å². The number of halogens is 1. The molecule has 0 aromatic heterocycles. The maximum atomic E-state index is 12.8. The van der Waals surface area contributed by atoms with Gasteiger partial charge in [0, 0.05) is 5.69 Å². The van der Waals surface area contributed by atoms with Gasteiger partial charge in [-0.15, -0.1) is 0 Å². The van der Waals surface area contributed by atoms with Crippen LogP contribution in [0.3, 0.4) is 0 Å². The minimum absolute atomic E-state index is 0.237. The van der Waals surface area contributed by atoms with E-state index in [1.54, 1.807) is 12.1 Å². The molecule has 2 N–H and O–H groups in total. The lowest BCUT2D eigenvalue weighted by atomic mass is 10.0. The largest absolute Gasteiger partial charge is 0.370 e. The zero-order valence-corrected chi connectivity index (χ0v) is 9.52. The van der Waals surface area contributed by atoms with Crippen LogP contribution in [-0.2, 0) is 0 Å². The second kappa shape index (κ2) is 4.12. The fourth-order valence-electron chi connectivity index (χ4n) is 1.95. The van der Waals surface area contributed by atoms with Crippen molar-refractivity contribution in [2.45, 2.75) is 19.9 Å². The minimum atomic E-state index is -0.237. The molecule has 0 amide bonds. The van der Waals surface area contributed by atoms with Crippen LogP contribution in [0, 0.1) is 11.7 Å². The van der Waals surface area contributed by atoms with Gasteiger partial charge in [-0.1, -0.05) is 13.8 Å². The zero-order chi connectivity index (χ0) is 11.7. The van der Waals surface area contributed by atoms with Crippen molar-refractivity contribution in [2.75, 3.05) is 11.4 Å². The van der Waals surface area contributed by atoms with E-state index in [0.29, 0.717) is 18.4 Å². The normalized spacial score (nSPS) is 20.4. The van der Waals surface area contributed by atoms with E-state index in [1.165, 1.54) is 12.1 Å². The Hall–Kier alpha value is -1.58. The Balaban J connectivity index is 2.30. The highest BCUT2D eigenvalue weighted by Gasteiger charge is 2.29. The maximum Gasteiger partial charge on any atom is 0.196 e. The lowest BCUT2D eigenvalue weighted by Gasteiger charge is -2.28. The minimum Gasteiger partial charge on any atom is -0.370 e. The molecule has 0 radical (unpaired) electrons. The molecule has 1 aliphatic rings. The van der Waals surface area contributed by atoms with Crippen molar-refractivity contribution in [3.63, 3.8) is 0 Å². The van der Waals surface area contributed by atoms with Gasteiger partial charge in [0.25, 0.3) is 0 Å². The van der Waals surface area contributed by atoms with Crippen molar-refractivity contribution >= 4 is 11.6 Å². The van der Waals surface area contributed by atoms with Crippen LogP contribution in [0.1, 0.15) is 13.8 Å². The Bertz CT molecular complexity index is 397. The number of guanidine groups is 1. The van der Waals surface area contributed by atoms with E-state index in [0.717, 1.165) is 5.69 Å².